The van der Waals surface area contributed by atoms with Crippen LogP contribution in [-0.2, 0) is 12.8 Å². The van der Waals surface area contributed by atoms with Crippen LogP contribution in [0.4, 0.5) is 0 Å². The summed E-state index contributed by atoms with van der Waals surface area (Å²) in [6.45, 7) is 5.62. The number of aliphatic hydroxyl groups is 1. The minimum atomic E-state index is -0.345. The predicted molar refractivity (Wildman–Crippen MR) is 125 cm³/mol. The van der Waals surface area contributed by atoms with Crippen molar-refractivity contribution in [3.05, 3.63) is 69.7 Å². The SMILES string of the molecule is CN1CCc2ccc(C(O)CCCN3CCC(c4ccc(Cl)cc4)CC3)cc2CC1. The van der Waals surface area contributed by atoms with Gasteiger partial charge in [-0.1, -0.05) is 41.9 Å². The molecule has 4 rings (SSSR count). The second kappa shape index (κ2) is 10.3. The number of halogens is 1. The largest absolute Gasteiger partial charge is 0.388 e. The maximum absolute atomic E-state index is 10.7. The summed E-state index contributed by atoms with van der Waals surface area (Å²) in [6.07, 6.45) is 6.18. The Morgan fingerprint density at radius 2 is 1.67 bits per heavy atom. The molecule has 0 saturated carbocycles. The minimum absolute atomic E-state index is 0.345. The van der Waals surface area contributed by atoms with E-state index in [1.54, 1.807) is 0 Å². The van der Waals surface area contributed by atoms with Crippen LogP contribution < -0.4 is 0 Å². The maximum Gasteiger partial charge on any atom is 0.0790 e. The Morgan fingerprint density at radius 3 is 2.40 bits per heavy atom. The monoisotopic (exact) mass is 426 g/mol. The van der Waals surface area contributed by atoms with E-state index in [4.69, 9.17) is 11.6 Å². The second-order valence-electron chi connectivity index (χ2n) is 9.16. The molecule has 1 fully saturated rings. The van der Waals surface area contributed by atoms with Gasteiger partial charge in [-0.15, -0.1) is 0 Å². The fraction of sp³-hybridized carbons (Fsp3) is 0.538. The highest BCUT2D eigenvalue weighted by Gasteiger charge is 2.21. The molecule has 30 heavy (non-hydrogen) atoms. The molecular formula is C26H35ClN2O. The molecule has 162 valence electrons. The van der Waals surface area contributed by atoms with Crippen molar-refractivity contribution in [2.75, 3.05) is 39.8 Å². The number of likely N-dealkylation sites (N-methyl/N-ethyl adjacent to an activating group) is 1. The zero-order valence-corrected chi connectivity index (χ0v) is 18.9. The summed E-state index contributed by atoms with van der Waals surface area (Å²) >= 11 is 6.02. The van der Waals surface area contributed by atoms with Gasteiger partial charge in [0.05, 0.1) is 6.10 Å². The van der Waals surface area contributed by atoms with Crippen LogP contribution >= 0.6 is 11.6 Å². The molecule has 0 radical (unpaired) electrons. The van der Waals surface area contributed by atoms with E-state index in [0.717, 1.165) is 69.0 Å². The fourth-order valence-electron chi connectivity index (χ4n) is 4.96. The summed E-state index contributed by atoms with van der Waals surface area (Å²) in [5.41, 5.74) is 5.41. The van der Waals surface area contributed by atoms with Crippen molar-refractivity contribution in [3.63, 3.8) is 0 Å². The van der Waals surface area contributed by atoms with E-state index in [0.29, 0.717) is 5.92 Å². The van der Waals surface area contributed by atoms with Gasteiger partial charge in [-0.3, -0.25) is 0 Å². The normalized spacial score (nSPS) is 20.0. The van der Waals surface area contributed by atoms with Gasteiger partial charge in [-0.25, -0.2) is 0 Å². The number of benzene rings is 2. The zero-order chi connectivity index (χ0) is 20.9. The first-order valence-corrected chi connectivity index (χ1v) is 11.9. The molecule has 4 heteroatoms. The van der Waals surface area contributed by atoms with Crippen molar-refractivity contribution in [1.29, 1.82) is 0 Å². The van der Waals surface area contributed by atoms with Crippen LogP contribution in [0.15, 0.2) is 42.5 Å². The van der Waals surface area contributed by atoms with Crippen LogP contribution in [0.2, 0.25) is 5.02 Å². The molecule has 0 spiro atoms. The highest BCUT2D eigenvalue weighted by Crippen LogP contribution is 2.29. The first kappa shape index (κ1) is 21.8. The van der Waals surface area contributed by atoms with Crippen LogP contribution in [-0.4, -0.2) is 54.7 Å². The van der Waals surface area contributed by atoms with Crippen molar-refractivity contribution in [3.8, 4) is 0 Å². The molecule has 0 aliphatic carbocycles. The number of rotatable bonds is 6. The zero-order valence-electron chi connectivity index (χ0n) is 18.2. The lowest BCUT2D eigenvalue weighted by Crippen LogP contribution is -2.33. The van der Waals surface area contributed by atoms with E-state index in [1.807, 2.05) is 12.1 Å². The molecule has 2 heterocycles. The first-order chi connectivity index (χ1) is 14.6. The highest BCUT2D eigenvalue weighted by atomic mass is 35.5. The second-order valence-corrected chi connectivity index (χ2v) is 9.59. The summed E-state index contributed by atoms with van der Waals surface area (Å²) in [4.78, 5) is 4.96. The topological polar surface area (TPSA) is 26.7 Å². The molecule has 1 N–H and O–H groups in total. The number of nitrogens with zero attached hydrogens (tertiary/aromatic N) is 2. The summed E-state index contributed by atoms with van der Waals surface area (Å²) in [5, 5.41) is 11.6. The molecule has 1 atom stereocenters. The highest BCUT2D eigenvalue weighted by molar-refractivity contribution is 6.30. The number of piperidine rings is 1. The van der Waals surface area contributed by atoms with Gasteiger partial charge in [0.2, 0.25) is 0 Å². The van der Waals surface area contributed by atoms with Crippen LogP contribution in [0.1, 0.15) is 60.0 Å². The van der Waals surface area contributed by atoms with E-state index in [2.05, 4.69) is 47.2 Å². The molecule has 0 amide bonds. The molecule has 0 aromatic heterocycles. The molecule has 2 aliphatic rings. The summed E-state index contributed by atoms with van der Waals surface area (Å²) in [5.74, 6) is 0.655. The quantitative estimate of drug-likeness (QED) is 0.699. The molecule has 2 aromatic rings. The van der Waals surface area contributed by atoms with Crippen molar-refractivity contribution < 1.29 is 5.11 Å². The molecule has 1 unspecified atom stereocenters. The van der Waals surface area contributed by atoms with Gasteiger partial charge in [0.15, 0.2) is 0 Å². The predicted octanol–water partition coefficient (Wildman–Crippen LogP) is 5.06. The Labute approximate surface area is 186 Å². The van der Waals surface area contributed by atoms with Gasteiger partial charge in [0.25, 0.3) is 0 Å². The van der Waals surface area contributed by atoms with Crippen molar-refractivity contribution in [2.24, 2.45) is 0 Å². The Hall–Kier alpha value is -1.39. The summed E-state index contributed by atoms with van der Waals surface area (Å²) < 4.78 is 0. The number of aliphatic hydroxyl groups excluding tert-OH is 1. The third-order valence-electron chi connectivity index (χ3n) is 7.02. The Kier molecular flexibility index (Phi) is 7.48. The lowest BCUT2D eigenvalue weighted by Gasteiger charge is -2.32. The molecule has 2 aliphatic heterocycles. The van der Waals surface area contributed by atoms with Crippen LogP contribution in [0, 0.1) is 0 Å². The van der Waals surface area contributed by atoms with Gasteiger partial charge in [-0.2, -0.15) is 0 Å². The van der Waals surface area contributed by atoms with Gasteiger partial charge in [-0.05, 0) is 106 Å². The van der Waals surface area contributed by atoms with Gasteiger partial charge in [0.1, 0.15) is 0 Å². The molecule has 2 aromatic carbocycles. The number of fused-ring (bicyclic) bond motifs is 1. The fourth-order valence-corrected chi connectivity index (χ4v) is 5.09. The van der Waals surface area contributed by atoms with Crippen LogP contribution in [0.3, 0.4) is 0 Å². The Balaban J connectivity index is 1.22. The number of hydrogen-bond donors (Lipinski definition) is 1. The lowest BCUT2D eigenvalue weighted by atomic mass is 9.89. The average molecular weight is 427 g/mol. The molecular weight excluding hydrogens is 392 g/mol. The van der Waals surface area contributed by atoms with E-state index in [9.17, 15) is 5.11 Å². The van der Waals surface area contributed by atoms with E-state index in [1.165, 1.54) is 29.5 Å². The molecule has 1 saturated heterocycles. The van der Waals surface area contributed by atoms with E-state index in [-0.39, 0.29) is 6.10 Å². The molecule has 3 nitrogen and oxygen atoms in total. The number of hydrogen-bond acceptors (Lipinski definition) is 3. The summed E-state index contributed by atoms with van der Waals surface area (Å²) in [6, 6.07) is 15.0. The third kappa shape index (κ3) is 5.64. The smallest absolute Gasteiger partial charge is 0.0790 e. The lowest BCUT2D eigenvalue weighted by molar-refractivity contribution is 0.148. The number of likely N-dealkylation sites (tertiary alicyclic amines) is 1. The third-order valence-corrected chi connectivity index (χ3v) is 7.27. The van der Waals surface area contributed by atoms with Gasteiger partial charge < -0.3 is 14.9 Å². The molecule has 0 bridgehead atoms. The minimum Gasteiger partial charge on any atom is -0.388 e. The Morgan fingerprint density at radius 1 is 0.967 bits per heavy atom. The maximum atomic E-state index is 10.7. The standard InChI is InChI=1S/C26H35ClN2O/c1-28-15-10-21-4-5-24(19-23(21)11-16-28)26(30)3-2-14-29-17-12-22(13-18-29)20-6-8-25(27)9-7-20/h4-9,19,22,26,30H,2-3,10-18H2,1H3. The van der Waals surface area contributed by atoms with E-state index < -0.39 is 0 Å². The summed E-state index contributed by atoms with van der Waals surface area (Å²) in [7, 11) is 2.19. The van der Waals surface area contributed by atoms with Crippen LogP contribution in [0.5, 0.6) is 0 Å². The van der Waals surface area contributed by atoms with E-state index >= 15 is 0 Å². The van der Waals surface area contributed by atoms with Crippen molar-refractivity contribution >= 4 is 11.6 Å². The van der Waals surface area contributed by atoms with Gasteiger partial charge >= 0.3 is 0 Å². The first-order valence-electron chi connectivity index (χ1n) is 11.5. The van der Waals surface area contributed by atoms with Crippen molar-refractivity contribution in [2.45, 2.75) is 50.5 Å². The average Bonchev–Trinajstić information content (AvgIpc) is 2.96. The Bertz CT molecular complexity index is 814. The van der Waals surface area contributed by atoms with Gasteiger partial charge in [0, 0.05) is 18.1 Å². The van der Waals surface area contributed by atoms with Crippen molar-refractivity contribution in [1.82, 2.24) is 9.80 Å². The van der Waals surface area contributed by atoms with Crippen LogP contribution in [0.25, 0.3) is 0 Å².